The topological polar surface area (TPSA) is 102 Å². The Labute approximate surface area is 140 Å². The van der Waals surface area contributed by atoms with Crippen LogP contribution in [0.5, 0.6) is 0 Å². The summed E-state index contributed by atoms with van der Waals surface area (Å²) in [7, 11) is -3.65. The maximum Gasteiger partial charge on any atom is 0.235 e. The fourth-order valence-corrected chi connectivity index (χ4v) is 4.08. The Morgan fingerprint density at radius 1 is 1.38 bits per heavy atom. The van der Waals surface area contributed by atoms with Crippen molar-refractivity contribution in [1.29, 1.82) is 0 Å². The molecule has 3 rings (SSSR count). The summed E-state index contributed by atoms with van der Waals surface area (Å²) in [6.07, 6.45) is 2.77. The molecule has 7 nitrogen and oxygen atoms in total. The summed E-state index contributed by atoms with van der Waals surface area (Å²) in [5.74, 6) is -1.12. The van der Waals surface area contributed by atoms with Crippen molar-refractivity contribution in [3.63, 3.8) is 0 Å². The Bertz CT molecular complexity index is 845. The van der Waals surface area contributed by atoms with Crippen LogP contribution in [0.3, 0.4) is 0 Å². The summed E-state index contributed by atoms with van der Waals surface area (Å²) in [4.78, 5) is 16.0. The molecule has 1 atom stereocenters. The van der Waals surface area contributed by atoms with Crippen molar-refractivity contribution in [2.45, 2.75) is 38.0 Å². The molecule has 0 spiro atoms. The summed E-state index contributed by atoms with van der Waals surface area (Å²) in [5, 5.41) is 6.40. The number of amides is 1. The van der Waals surface area contributed by atoms with E-state index in [2.05, 4.69) is 15.5 Å². The van der Waals surface area contributed by atoms with Crippen LogP contribution in [0, 0.1) is 6.92 Å². The molecule has 1 aliphatic carbocycles. The highest BCUT2D eigenvalue weighted by Gasteiger charge is 2.25. The molecule has 8 heteroatoms. The summed E-state index contributed by atoms with van der Waals surface area (Å²) in [6.45, 7) is 1.58. The maximum absolute atomic E-state index is 12.2. The molecule has 1 aromatic heterocycles. The van der Waals surface area contributed by atoms with Crippen LogP contribution >= 0.6 is 0 Å². The van der Waals surface area contributed by atoms with E-state index >= 15 is 0 Å². The monoisotopic (exact) mass is 349 g/mol. The number of carbonyl (C=O) groups is 1. The van der Waals surface area contributed by atoms with Gasteiger partial charge in [0.1, 0.15) is 11.5 Å². The summed E-state index contributed by atoms with van der Waals surface area (Å²) < 4.78 is 29.0. The molecule has 24 heavy (non-hydrogen) atoms. The van der Waals surface area contributed by atoms with Crippen LogP contribution < -0.4 is 5.32 Å². The molecule has 0 saturated heterocycles. The molecular weight excluding hydrogens is 330 g/mol. The van der Waals surface area contributed by atoms with E-state index in [0.29, 0.717) is 5.89 Å². The zero-order valence-electron chi connectivity index (χ0n) is 13.4. The lowest BCUT2D eigenvalue weighted by Gasteiger charge is -2.26. The van der Waals surface area contributed by atoms with Crippen LogP contribution in [0.2, 0.25) is 0 Å². The SMILES string of the molecule is Cc1nc(CS(=O)(=O)CC(=O)NC2CCCc3ccccc32)no1. The fraction of sp³-hybridized carbons (Fsp3) is 0.438. The predicted octanol–water partition coefficient (Wildman–Crippen LogP) is 1.49. The maximum atomic E-state index is 12.2. The second kappa shape index (κ2) is 6.72. The van der Waals surface area contributed by atoms with Gasteiger partial charge in [-0.1, -0.05) is 29.4 Å². The Morgan fingerprint density at radius 3 is 2.92 bits per heavy atom. The van der Waals surface area contributed by atoms with Crippen molar-refractivity contribution in [2.75, 3.05) is 5.75 Å². The predicted molar refractivity (Wildman–Crippen MR) is 86.8 cm³/mol. The lowest BCUT2D eigenvalue weighted by molar-refractivity contribution is -0.119. The van der Waals surface area contributed by atoms with E-state index in [1.165, 1.54) is 5.56 Å². The van der Waals surface area contributed by atoms with E-state index in [-0.39, 0.29) is 11.9 Å². The van der Waals surface area contributed by atoms with E-state index in [0.717, 1.165) is 24.8 Å². The van der Waals surface area contributed by atoms with E-state index in [4.69, 9.17) is 4.52 Å². The van der Waals surface area contributed by atoms with Crippen molar-refractivity contribution < 1.29 is 17.7 Å². The van der Waals surface area contributed by atoms with Gasteiger partial charge in [0.2, 0.25) is 11.8 Å². The van der Waals surface area contributed by atoms with Crippen LogP contribution in [0.1, 0.15) is 41.7 Å². The van der Waals surface area contributed by atoms with Gasteiger partial charge in [-0.2, -0.15) is 4.98 Å². The highest BCUT2D eigenvalue weighted by atomic mass is 32.2. The molecule has 1 amide bonds. The van der Waals surface area contributed by atoms with Crippen molar-refractivity contribution >= 4 is 15.7 Å². The molecule has 2 aromatic rings. The molecule has 1 unspecified atom stereocenters. The molecular formula is C16H19N3O4S. The lowest BCUT2D eigenvalue weighted by Crippen LogP contribution is -2.35. The number of aromatic nitrogens is 2. The van der Waals surface area contributed by atoms with Gasteiger partial charge in [-0.05, 0) is 30.4 Å². The minimum atomic E-state index is -3.65. The molecule has 1 N–H and O–H groups in total. The van der Waals surface area contributed by atoms with Crippen LogP contribution in [0.25, 0.3) is 0 Å². The van der Waals surface area contributed by atoms with Gasteiger partial charge in [-0.3, -0.25) is 4.79 Å². The van der Waals surface area contributed by atoms with Gasteiger partial charge in [-0.15, -0.1) is 0 Å². The second-order valence-corrected chi connectivity index (χ2v) is 8.04. The number of benzene rings is 1. The standard InChI is InChI=1S/C16H19N3O4S/c1-11-17-15(19-23-11)9-24(21,22)10-16(20)18-14-8-4-6-12-5-2-3-7-13(12)14/h2-3,5,7,14H,4,6,8-10H2,1H3,(H,18,20). The van der Waals surface area contributed by atoms with Crippen LogP contribution in [0.4, 0.5) is 0 Å². The molecule has 0 radical (unpaired) electrons. The number of sulfone groups is 1. The van der Waals surface area contributed by atoms with Crippen molar-refractivity contribution in [3.05, 3.63) is 47.1 Å². The molecule has 1 heterocycles. The highest BCUT2D eigenvalue weighted by molar-refractivity contribution is 7.91. The first-order valence-corrected chi connectivity index (χ1v) is 9.62. The molecule has 128 valence electrons. The number of carbonyl (C=O) groups excluding carboxylic acids is 1. The highest BCUT2D eigenvalue weighted by Crippen LogP contribution is 2.29. The van der Waals surface area contributed by atoms with Crippen molar-refractivity contribution in [3.8, 4) is 0 Å². The smallest absolute Gasteiger partial charge is 0.235 e. The largest absolute Gasteiger partial charge is 0.348 e. The van der Waals surface area contributed by atoms with Gasteiger partial charge in [-0.25, -0.2) is 8.42 Å². The van der Waals surface area contributed by atoms with Gasteiger partial charge >= 0.3 is 0 Å². The summed E-state index contributed by atoms with van der Waals surface area (Å²) in [5.41, 5.74) is 2.28. The number of aryl methyl sites for hydroxylation is 2. The van der Waals surface area contributed by atoms with E-state index in [1.807, 2.05) is 24.3 Å². The molecule has 0 saturated carbocycles. The Balaban J connectivity index is 1.63. The van der Waals surface area contributed by atoms with E-state index in [1.54, 1.807) is 6.92 Å². The molecule has 0 aliphatic heterocycles. The number of hydrogen-bond donors (Lipinski definition) is 1. The fourth-order valence-electron chi connectivity index (χ4n) is 2.99. The molecule has 0 bridgehead atoms. The third kappa shape index (κ3) is 4.00. The number of fused-ring (bicyclic) bond motifs is 1. The molecule has 1 aliphatic rings. The average Bonchev–Trinajstić information content (AvgIpc) is 2.91. The third-order valence-corrected chi connectivity index (χ3v) is 5.37. The third-order valence-electron chi connectivity index (χ3n) is 3.97. The first-order chi connectivity index (χ1) is 11.4. The van der Waals surface area contributed by atoms with E-state index < -0.39 is 27.3 Å². The van der Waals surface area contributed by atoms with E-state index in [9.17, 15) is 13.2 Å². The quantitative estimate of drug-likeness (QED) is 0.877. The Kier molecular flexibility index (Phi) is 4.66. The van der Waals surface area contributed by atoms with Crippen molar-refractivity contribution in [1.82, 2.24) is 15.5 Å². The van der Waals surface area contributed by atoms with Crippen LogP contribution in [-0.4, -0.2) is 30.2 Å². The van der Waals surface area contributed by atoms with Gasteiger partial charge in [0.25, 0.3) is 0 Å². The zero-order valence-corrected chi connectivity index (χ0v) is 14.2. The Hall–Kier alpha value is -2.22. The van der Waals surface area contributed by atoms with Gasteiger partial charge in [0, 0.05) is 6.92 Å². The molecule has 1 aromatic carbocycles. The number of rotatable bonds is 5. The van der Waals surface area contributed by atoms with Gasteiger partial charge in [0.05, 0.1) is 6.04 Å². The van der Waals surface area contributed by atoms with Gasteiger partial charge in [0.15, 0.2) is 15.7 Å². The number of nitrogens with zero attached hydrogens (tertiary/aromatic N) is 2. The zero-order chi connectivity index (χ0) is 17.2. The number of hydrogen-bond acceptors (Lipinski definition) is 6. The summed E-state index contributed by atoms with van der Waals surface area (Å²) >= 11 is 0. The average molecular weight is 349 g/mol. The first kappa shape index (κ1) is 16.6. The van der Waals surface area contributed by atoms with Crippen LogP contribution in [0.15, 0.2) is 28.8 Å². The Morgan fingerprint density at radius 2 is 2.17 bits per heavy atom. The lowest BCUT2D eigenvalue weighted by atomic mass is 9.88. The minimum absolute atomic E-state index is 0.0725. The van der Waals surface area contributed by atoms with Gasteiger partial charge < -0.3 is 9.84 Å². The second-order valence-electron chi connectivity index (χ2n) is 5.97. The first-order valence-electron chi connectivity index (χ1n) is 7.80. The van der Waals surface area contributed by atoms with Crippen molar-refractivity contribution in [2.24, 2.45) is 0 Å². The van der Waals surface area contributed by atoms with Crippen LogP contribution in [-0.2, 0) is 26.8 Å². The molecule has 0 fully saturated rings. The normalized spacial score (nSPS) is 17.3. The minimum Gasteiger partial charge on any atom is -0.348 e. The summed E-state index contributed by atoms with van der Waals surface area (Å²) in [6, 6.07) is 7.79. The number of nitrogens with one attached hydrogen (secondary N) is 1.